The Balaban J connectivity index is 4.03. The molecular weight excluding hydrogens is 156 g/mol. The van der Waals surface area contributed by atoms with E-state index in [0.29, 0.717) is 0 Å². The van der Waals surface area contributed by atoms with Crippen LogP contribution in [0.25, 0.3) is 0 Å². The number of hydrogen-bond donors (Lipinski definition) is 0. The monoisotopic (exact) mass is 170 g/mol. The largest absolute Gasteiger partial charge is 0.0847 e. The number of hydrogen-bond acceptors (Lipinski definition) is 0. The zero-order valence-corrected chi connectivity index (χ0v) is 8.15. The van der Waals surface area contributed by atoms with Crippen LogP contribution < -0.4 is 0 Å². The molecule has 0 unspecified atom stereocenters. The second-order valence-corrected chi connectivity index (χ2v) is 2.80. The molecule has 0 bridgehead atoms. The van der Waals surface area contributed by atoms with Crippen LogP contribution in [-0.4, -0.2) is 0 Å². The highest BCUT2D eigenvalue weighted by molar-refractivity contribution is 6.31. The Labute approximate surface area is 74.3 Å². The maximum Gasteiger partial charge on any atom is 0.0363 e. The van der Waals surface area contributed by atoms with Crippen LogP contribution in [0.15, 0.2) is 34.9 Å². The van der Waals surface area contributed by atoms with Gasteiger partial charge in [-0.25, -0.2) is 0 Å². The summed E-state index contributed by atoms with van der Waals surface area (Å²) in [5.41, 5.74) is 1.26. The molecule has 0 N–H and O–H groups in total. The fourth-order valence-corrected chi connectivity index (χ4v) is 0.760. The fourth-order valence-electron chi connectivity index (χ4n) is 0.697. The second kappa shape index (κ2) is 6.23. The first kappa shape index (κ1) is 10.5. The third kappa shape index (κ3) is 5.93. The van der Waals surface area contributed by atoms with Gasteiger partial charge in [0, 0.05) is 5.03 Å². The Morgan fingerprint density at radius 2 is 2.00 bits per heavy atom. The Morgan fingerprint density at radius 1 is 1.36 bits per heavy atom. The summed E-state index contributed by atoms with van der Waals surface area (Å²) in [5.74, 6) is 0. The van der Waals surface area contributed by atoms with Crippen LogP contribution in [0.5, 0.6) is 0 Å². The van der Waals surface area contributed by atoms with Crippen molar-refractivity contribution < 1.29 is 0 Å². The maximum atomic E-state index is 5.76. The van der Waals surface area contributed by atoms with Crippen molar-refractivity contribution in [1.82, 2.24) is 0 Å². The summed E-state index contributed by atoms with van der Waals surface area (Å²) in [6.07, 6.45) is 9.03. The smallest absolute Gasteiger partial charge is 0.0363 e. The molecule has 0 aromatic carbocycles. The van der Waals surface area contributed by atoms with E-state index >= 15 is 0 Å². The minimum atomic E-state index is 0.786. The van der Waals surface area contributed by atoms with Gasteiger partial charge in [0.25, 0.3) is 0 Å². The van der Waals surface area contributed by atoms with Gasteiger partial charge in [-0.15, -0.1) is 0 Å². The molecule has 0 amide bonds. The van der Waals surface area contributed by atoms with Crippen LogP contribution in [0.1, 0.15) is 27.2 Å². The lowest BCUT2D eigenvalue weighted by molar-refractivity contribution is 1.20. The quantitative estimate of drug-likeness (QED) is 0.561. The molecule has 0 radical (unpaired) electrons. The van der Waals surface area contributed by atoms with Crippen LogP contribution in [0.2, 0.25) is 0 Å². The highest BCUT2D eigenvalue weighted by atomic mass is 35.5. The van der Waals surface area contributed by atoms with Gasteiger partial charge >= 0.3 is 0 Å². The van der Waals surface area contributed by atoms with E-state index in [1.807, 2.05) is 25.2 Å². The average molecular weight is 171 g/mol. The fraction of sp³-hybridized carbons (Fsp3) is 0.400. The first-order valence-corrected chi connectivity index (χ1v) is 4.25. The van der Waals surface area contributed by atoms with E-state index in [4.69, 9.17) is 11.6 Å². The number of allylic oxidation sites excluding steroid dienone is 6. The third-order valence-corrected chi connectivity index (χ3v) is 1.65. The lowest BCUT2D eigenvalue weighted by Crippen LogP contribution is -1.68. The number of rotatable bonds is 3. The van der Waals surface area contributed by atoms with Crippen molar-refractivity contribution in [3.8, 4) is 0 Å². The summed E-state index contributed by atoms with van der Waals surface area (Å²) in [5, 5.41) is 0.786. The van der Waals surface area contributed by atoms with E-state index in [1.54, 1.807) is 0 Å². The van der Waals surface area contributed by atoms with Crippen LogP contribution in [0, 0.1) is 0 Å². The van der Waals surface area contributed by atoms with E-state index in [9.17, 15) is 0 Å². The SMILES string of the molecule is C\C=C(Cl)/C=C\C(C)=C\CC. The molecule has 0 saturated heterocycles. The minimum Gasteiger partial charge on any atom is -0.0847 e. The molecule has 11 heavy (non-hydrogen) atoms. The predicted octanol–water partition coefficient (Wildman–Crippen LogP) is 4.04. The average Bonchev–Trinajstić information content (AvgIpc) is 2.01. The Bertz CT molecular complexity index is 185. The summed E-state index contributed by atoms with van der Waals surface area (Å²) in [6, 6.07) is 0. The van der Waals surface area contributed by atoms with E-state index < -0.39 is 0 Å². The molecule has 0 nitrogen and oxygen atoms in total. The molecule has 0 aromatic rings. The molecule has 0 saturated carbocycles. The summed E-state index contributed by atoms with van der Waals surface area (Å²) in [6.45, 7) is 6.11. The van der Waals surface area contributed by atoms with Crippen molar-refractivity contribution in [1.29, 1.82) is 0 Å². The zero-order chi connectivity index (χ0) is 8.69. The first-order valence-electron chi connectivity index (χ1n) is 3.87. The van der Waals surface area contributed by atoms with E-state index in [1.165, 1.54) is 5.57 Å². The van der Waals surface area contributed by atoms with Gasteiger partial charge in [0.2, 0.25) is 0 Å². The molecule has 0 aliphatic carbocycles. The van der Waals surface area contributed by atoms with Crippen molar-refractivity contribution >= 4 is 11.6 Å². The highest BCUT2D eigenvalue weighted by Gasteiger charge is 1.81. The van der Waals surface area contributed by atoms with Gasteiger partial charge in [-0.05, 0) is 26.3 Å². The van der Waals surface area contributed by atoms with Crippen molar-refractivity contribution in [3.63, 3.8) is 0 Å². The van der Waals surface area contributed by atoms with Gasteiger partial charge in [-0.3, -0.25) is 0 Å². The summed E-state index contributed by atoms with van der Waals surface area (Å²) in [7, 11) is 0. The molecule has 0 aliphatic heterocycles. The predicted molar refractivity (Wildman–Crippen MR) is 52.8 cm³/mol. The Hall–Kier alpha value is -0.490. The highest BCUT2D eigenvalue weighted by Crippen LogP contribution is 2.05. The van der Waals surface area contributed by atoms with Gasteiger partial charge in [-0.1, -0.05) is 42.3 Å². The van der Waals surface area contributed by atoms with E-state index in [2.05, 4.69) is 19.9 Å². The molecule has 0 fully saturated rings. The van der Waals surface area contributed by atoms with Crippen molar-refractivity contribution in [2.45, 2.75) is 27.2 Å². The van der Waals surface area contributed by atoms with Crippen LogP contribution in [-0.2, 0) is 0 Å². The lowest BCUT2D eigenvalue weighted by Gasteiger charge is -1.89. The summed E-state index contributed by atoms with van der Waals surface area (Å²) < 4.78 is 0. The van der Waals surface area contributed by atoms with Gasteiger partial charge in [0.05, 0.1) is 0 Å². The van der Waals surface area contributed by atoms with Gasteiger partial charge in [-0.2, -0.15) is 0 Å². The zero-order valence-electron chi connectivity index (χ0n) is 7.39. The van der Waals surface area contributed by atoms with Gasteiger partial charge in [0.15, 0.2) is 0 Å². The van der Waals surface area contributed by atoms with Gasteiger partial charge < -0.3 is 0 Å². The molecule has 0 aliphatic rings. The Morgan fingerprint density at radius 3 is 2.45 bits per heavy atom. The molecule has 0 spiro atoms. The van der Waals surface area contributed by atoms with Crippen molar-refractivity contribution in [2.24, 2.45) is 0 Å². The molecule has 1 heteroatoms. The topological polar surface area (TPSA) is 0 Å². The van der Waals surface area contributed by atoms with E-state index in [0.717, 1.165) is 11.5 Å². The minimum absolute atomic E-state index is 0.786. The molecular formula is C10H15Cl. The molecule has 62 valence electrons. The lowest BCUT2D eigenvalue weighted by atomic mass is 10.2. The molecule has 0 aromatic heterocycles. The third-order valence-electron chi connectivity index (χ3n) is 1.31. The molecule has 0 rings (SSSR count). The van der Waals surface area contributed by atoms with Crippen LogP contribution in [0.4, 0.5) is 0 Å². The summed E-state index contributed by atoms with van der Waals surface area (Å²) >= 11 is 5.76. The number of halogens is 1. The first-order chi connectivity index (χ1) is 5.20. The normalized spacial score (nSPS) is 14.5. The molecule has 0 atom stereocenters. The van der Waals surface area contributed by atoms with Crippen molar-refractivity contribution in [3.05, 3.63) is 34.9 Å². The van der Waals surface area contributed by atoms with Crippen molar-refractivity contribution in [2.75, 3.05) is 0 Å². The molecule has 0 heterocycles. The van der Waals surface area contributed by atoms with E-state index in [-0.39, 0.29) is 0 Å². The van der Waals surface area contributed by atoms with Crippen LogP contribution >= 0.6 is 11.6 Å². The summed E-state index contributed by atoms with van der Waals surface area (Å²) in [4.78, 5) is 0. The Kier molecular flexibility index (Phi) is 5.96. The maximum absolute atomic E-state index is 5.76. The second-order valence-electron chi connectivity index (χ2n) is 2.36. The standard InChI is InChI=1S/C10H15Cl/c1-4-6-9(3)7-8-10(11)5-2/h5-8H,4H2,1-3H3/b8-7-,9-6+,10-5+. The van der Waals surface area contributed by atoms with Gasteiger partial charge in [0.1, 0.15) is 0 Å². The van der Waals surface area contributed by atoms with Crippen LogP contribution in [0.3, 0.4) is 0 Å².